The van der Waals surface area contributed by atoms with Crippen molar-refractivity contribution < 1.29 is 14.3 Å². The van der Waals surface area contributed by atoms with Crippen LogP contribution in [-0.2, 0) is 20.7 Å². The number of nitrogens with one attached hydrogen (secondary N) is 1. The van der Waals surface area contributed by atoms with E-state index in [2.05, 4.69) is 9.72 Å². The summed E-state index contributed by atoms with van der Waals surface area (Å²) in [5, 5.41) is 0. The van der Waals surface area contributed by atoms with Gasteiger partial charge in [-0.05, 0) is 24.5 Å². The number of nitrogens with zero attached hydrogens (tertiary/aromatic N) is 1. The molecule has 1 aromatic rings. The Kier molecular flexibility index (Phi) is 5.42. The maximum atomic E-state index is 12.1. The molecule has 0 saturated carbocycles. The monoisotopic (exact) mass is 252 g/mol. The summed E-state index contributed by atoms with van der Waals surface area (Å²) in [5.74, 6) is -1.33. The summed E-state index contributed by atoms with van der Waals surface area (Å²) >= 11 is 0. The van der Waals surface area contributed by atoms with Crippen molar-refractivity contribution in [2.24, 2.45) is 5.92 Å². The number of aromatic nitrogens is 1. The lowest BCUT2D eigenvalue weighted by molar-refractivity contribution is -0.153. The van der Waals surface area contributed by atoms with Crippen molar-refractivity contribution in [2.45, 2.75) is 19.8 Å². The summed E-state index contributed by atoms with van der Waals surface area (Å²) in [6.07, 6.45) is 4.97. The molecule has 1 unspecified atom stereocenters. The number of hydrogen-bond donors (Lipinski definition) is 1. The van der Waals surface area contributed by atoms with Crippen LogP contribution in [0.2, 0.25) is 0 Å². The molecule has 1 N–H and O–H groups in total. The van der Waals surface area contributed by atoms with Crippen LogP contribution in [0.4, 0.5) is 0 Å². The number of methoxy groups -OCH3 is 1. The Bertz CT molecular complexity index is 387. The van der Waals surface area contributed by atoms with E-state index in [9.17, 15) is 9.59 Å². The molecular formula is C13H20N2O3. The first-order valence-electron chi connectivity index (χ1n) is 6.04. The van der Waals surface area contributed by atoms with Gasteiger partial charge in [0.05, 0.1) is 7.11 Å². The van der Waals surface area contributed by atoms with E-state index in [0.29, 0.717) is 13.0 Å². The molecule has 18 heavy (non-hydrogen) atoms. The first-order chi connectivity index (χ1) is 8.60. The molecule has 0 bridgehead atoms. The lowest BCUT2D eigenvalue weighted by Gasteiger charge is -2.21. The van der Waals surface area contributed by atoms with Crippen molar-refractivity contribution in [1.29, 1.82) is 0 Å². The molecule has 1 atom stereocenters. The van der Waals surface area contributed by atoms with Crippen molar-refractivity contribution in [1.82, 2.24) is 9.88 Å². The quantitative estimate of drug-likeness (QED) is 0.611. The molecule has 1 heterocycles. The molecule has 0 aliphatic rings. The number of hydrogen-bond acceptors (Lipinski definition) is 3. The van der Waals surface area contributed by atoms with Gasteiger partial charge in [0.1, 0.15) is 5.92 Å². The second-order valence-corrected chi connectivity index (χ2v) is 4.21. The number of H-pyrrole nitrogens is 1. The Balaban J connectivity index is 2.51. The third-order valence-electron chi connectivity index (χ3n) is 2.97. The molecule has 100 valence electrons. The van der Waals surface area contributed by atoms with E-state index in [0.717, 1.165) is 12.0 Å². The fraction of sp³-hybridized carbons (Fsp3) is 0.538. The van der Waals surface area contributed by atoms with Crippen molar-refractivity contribution in [3.63, 3.8) is 0 Å². The van der Waals surface area contributed by atoms with Crippen molar-refractivity contribution in [3.8, 4) is 0 Å². The van der Waals surface area contributed by atoms with Crippen LogP contribution in [0, 0.1) is 5.92 Å². The zero-order chi connectivity index (χ0) is 13.5. The van der Waals surface area contributed by atoms with E-state index < -0.39 is 11.9 Å². The Morgan fingerprint density at radius 2 is 2.22 bits per heavy atom. The van der Waals surface area contributed by atoms with Crippen molar-refractivity contribution in [2.75, 3.05) is 20.7 Å². The minimum Gasteiger partial charge on any atom is -0.468 e. The predicted molar refractivity (Wildman–Crippen MR) is 67.9 cm³/mol. The van der Waals surface area contributed by atoms with Crippen LogP contribution in [0.5, 0.6) is 0 Å². The molecule has 1 aromatic heterocycles. The smallest absolute Gasteiger partial charge is 0.318 e. The highest BCUT2D eigenvalue weighted by Crippen LogP contribution is 2.10. The van der Waals surface area contributed by atoms with Gasteiger partial charge in [0.2, 0.25) is 5.91 Å². The molecule has 5 nitrogen and oxygen atoms in total. The van der Waals surface area contributed by atoms with Gasteiger partial charge in [-0.3, -0.25) is 9.59 Å². The van der Waals surface area contributed by atoms with Gasteiger partial charge in [-0.15, -0.1) is 0 Å². The predicted octanol–water partition coefficient (Wildman–Crippen LogP) is 1.21. The van der Waals surface area contributed by atoms with Gasteiger partial charge in [-0.25, -0.2) is 0 Å². The Hall–Kier alpha value is -1.78. The van der Waals surface area contributed by atoms with Crippen LogP contribution in [0.3, 0.4) is 0 Å². The number of rotatable bonds is 6. The summed E-state index contributed by atoms with van der Waals surface area (Å²) in [5.41, 5.74) is 1.14. The SMILES string of the molecule is CCC(C(=O)OC)C(=O)N(C)CCc1cc[nH]c1. The van der Waals surface area contributed by atoms with Crippen LogP contribution in [-0.4, -0.2) is 42.5 Å². The van der Waals surface area contributed by atoms with Crippen LogP contribution < -0.4 is 0 Å². The molecule has 0 aromatic carbocycles. The highest BCUT2D eigenvalue weighted by atomic mass is 16.5. The number of amides is 1. The average Bonchev–Trinajstić information content (AvgIpc) is 2.89. The van der Waals surface area contributed by atoms with Gasteiger partial charge < -0.3 is 14.6 Å². The lowest BCUT2D eigenvalue weighted by atomic mass is 10.1. The van der Waals surface area contributed by atoms with Gasteiger partial charge in [-0.2, -0.15) is 0 Å². The zero-order valence-electron chi connectivity index (χ0n) is 11.1. The van der Waals surface area contributed by atoms with Crippen LogP contribution in [0.25, 0.3) is 0 Å². The van der Waals surface area contributed by atoms with Crippen LogP contribution in [0.15, 0.2) is 18.5 Å². The molecule has 0 radical (unpaired) electrons. The fourth-order valence-corrected chi connectivity index (χ4v) is 1.77. The third kappa shape index (κ3) is 3.61. The van der Waals surface area contributed by atoms with E-state index >= 15 is 0 Å². The summed E-state index contributed by atoms with van der Waals surface area (Å²) in [6.45, 7) is 2.39. The number of likely N-dealkylation sites (N-methyl/N-ethyl adjacent to an activating group) is 1. The van der Waals surface area contributed by atoms with Gasteiger partial charge in [-0.1, -0.05) is 6.92 Å². The highest BCUT2D eigenvalue weighted by molar-refractivity contribution is 5.97. The fourth-order valence-electron chi connectivity index (χ4n) is 1.77. The summed E-state index contributed by atoms with van der Waals surface area (Å²) in [6, 6.07) is 1.97. The Labute approximate surface area is 107 Å². The number of aromatic amines is 1. The molecule has 1 rings (SSSR count). The molecule has 0 aliphatic carbocycles. The molecule has 1 amide bonds. The van der Waals surface area contributed by atoms with Gasteiger partial charge >= 0.3 is 5.97 Å². The van der Waals surface area contributed by atoms with E-state index in [1.54, 1.807) is 18.9 Å². The number of esters is 1. The van der Waals surface area contributed by atoms with Gasteiger partial charge in [0, 0.05) is 26.0 Å². The minimum absolute atomic E-state index is 0.181. The van der Waals surface area contributed by atoms with Crippen molar-refractivity contribution >= 4 is 11.9 Å². The summed E-state index contributed by atoms with van der Waals surface area (Å²) in [7, 11) is 3.01. The van der Waals surface area contributed by atoms with E-state index in [4.69, 9.17) is 0 Å². The molecular weight excluding hydrogens is 232 g/mol. The number of carbonyl (C=O) groups excluding carboxylic acids is 2. The summed E-state index contributed by atoms with van der Waals surface area (Å²) < 4.78 is 4.63. The third-order valence-corrected chi connectivity index (χ3v) is 2.97. The van der Waals surface area contributed by atoms with Crippen LogP contribution >= 0.6 is 0 Å². The lowest BCUT2D eigenvalue weighted by Crippen LogP contribution is -2.38. The van der Waals surface area contributed by atoms with E-state index in [1.165, 1.54) is 7.11 Å². The maximum absolute atomic E-state index is 12.1. The topological polar surface area (TPSA) is 62.4 Å². The number of ether oxygens (including phenoxy) is 1. The first kappa shape index (κ1) is 14.3. The summed E-state index contributed by atoms with van der Waals surface area (Å²) in [4.78, 5) is 28.0. The highest BCUT2D eigenvalue weighted by Gasteiger charge is 2.28. The molecule has 0 spiro atoms. The minimum atomic E-state index is -0.689. The standard InChI is InChI=1S/C13H20N2O3/c1-4-11(13(17)18-3)12(16)15(2)8-6-10-5-7-14-9-10/h5,7,9,11,14H,4,6,8H2,1-3H3. The second kappa shape index (κ2) is 6.83. The molecule has 0 saturated heterocycles. The maximum Gasteiger partial charge on any atom is 0.318 e. The Morgan fingerprint density at radius 1 is 1.50 bits per heavy atom. The second-order valence-electron chi connectivity index (χ2n) is 4.21. The van der Waals surface area contributed by atoms with Gasteiger partial charge in [0.15, 0.2) is 0 Å². The molecule has 0 fully saturated rings. The Morgan fingerprint density at radius 3 is 2.72 bits per heavy atom. The molecule has 0 aliphatic heterocycles. The van der Waals surface area contributed by atoms with Crippen molar-refractivity contribution in [3.05, 3.63) is 24.0 Å². The first-order valence-corrected chi connectivity index (χ1v) is 6.04. The molecule has 5 heteroatoms. The number of carbonyl (C=O) groups is 2. The van der Waals surface area contributed by atoms with Crippen LogP contribution in [0.1, 0.15) is 18.9 Å². The van der Waals surface area contributed by atoms with E-state index in [1.807, 2.05) is 18.5 Å². The zero-order valence-corrected chi connectivity index (χ0v) is 11.1. The van der Waals surface area contributed by atoms with E-state index in [-0.39, 0.29) is 5.91 Å². The largest absolute Gasteiger partial charge is 0.468 e. The van der Waals surface area contributed by atoms with Gasteiger partial charge in [0.25, 0.3) is 0 Å². The average molecular weight is 252 g/mol. The normalized spacial score (nSPS) is 11.9.